The highest BCUT2D eigenvalue weighted by Crippen LogP contribution is 2.30. The third-order valence-corrected chi connectivity index (χ3v) is 4.57. The predicted octanol–water partition coefficient (Wildman–Crippen LogP) is 2.97. The summed E-state index contributed by atoms with van der Waals surface area (Å²) in [4.78, 5) is 30.3. The molecule has 0 atom stereocenters. The standard InChI is InChI=1S/C19H22FN3O4.C2H6/c1-11-5-6-14(13(20)10-11)21-17-12(2)19(26)23-7-3-4-15(23)16(17)18(25)22-27-9-8-24;1-2/h5-6,10,21,24H,3-4,7-9H2,1-2H3,(H,22,25);1-2H3. The lowest BCUT2D eigenvalue weighted by Gasteiger charge is -2.19. The van der Waals surface area contributed by atoms with Gasteiger partial charge < -0.3 is 15.0 Å². The Balaban J connectivity index is 0.00000145. The van der Waals surface area contributed by atoms with E-state index < -0.39 is 11.7 Å². The van der Waals surface area contributed by atoms with Crippen LogP contribution in [0.1, 0.15) is 47.4 Å². The van der Waals surface area contributed by atoms with Crippen molar-refractivity contribution in [2.45, 2.75) is 47.1 Å². The van der Waals surface area contributed by atoms with Gasteiger partial charge in [0.05, 0.1) is 30.2 Å². The van der Waals surface area contributed by atoms with Gasteiger partial charge in [-0.1, -0.05) is 19.9 Å². The second kappa shape index (κ2) is 10.2. The maximum absolute atomic E-state index is 14.3. The molecule has 29 heavy (non-hydrogen) atoms. The van der Waals surface area contributed by atoms with Gasteiger partial charge in [-0.05, 0) is 44.4 Å². The summed E-state index contributed by atoms with van der Waals surface area (Å²) >= 11 is 0. The van der Waals surface area contributed by atoms with E-state index in [1.807, 2.05) is 13.8 Å². The number of halogens is 1. The average Bonchev–Trinajstić information content (AvgIpc) is 3.19. The average molecular weight is 405 g/mol. The van der Waals surface area contributed by atoms with Crippen molar-refractivity contribution in [1.82, 2.24) is 10.0 Å². The quantitative estimate of drug-likeness (QED) is 0.508. The molecule has 1 aromatic heterocycles. The summed E-state index contributed by atoms with van der Waals surface area (Å²) in [5, 5.41) is 11.7. The normalized spacial score (nSPS) is 12.1. The van der Waals surface area contributed by atoms with Crippen LogP contribution in [0.15, 0.2) is 23.0 Å². The number of aliphatic hydroxyl groups excluding tert-OH is 1. The SMILES string of the molecule is CC.Cc1ccc(Nc2c(C(=O)NOCCO)c3n(c(=O)c2C)CCC3)c(F)c1. The van der Waals surface area contributed by atoms with E-state index in [-0.39, 0.29) is 35.7 Å². The van der Waals surface area contributed by atoms with Gasteiger partial charge in [0, 0.05) is 17.8 Å². The van der Waals surface area contributed by atoms with Gasteiger partial charge >= 0.3 is 0 Å². The Morgan fingerprint density at radius 2 is 2.03 bits per heavy atom. The number of nitrogens with one attached hydrogen (secondary N) is 2. The summed E-state index contributed by atoms with van der Waals surface area (Å²) in [5.41, 5.74) is 4.45. The molecule has 0 fully saturated rings. The predicted molar refractivity (Wildman–Crippen MR) is 110 cm³/mol. The molecule has 2 aromatic rings. The molecular weight excluding hydrogens is 377 g/mol. The summed E-state index contributed by atoms with van der Waals surface area (Å²) in [7, 11) is 0. The molecule has 0 spiro atoms. The maximum Gasteiger partial charge on any atom is 0.278 e. The van der Waals surface area contributed by atoms with Crippen LogP contribution in [0.3, 0.4) is 0 Å². The van der Waals surface area contributed by atoms with Crippen molar-refractivity contribution in [2.24, 2.45) is 0 Å². The summed E-state index contributed by atoms with van der Waals surface area (Å²) in [5.74, 6) is -1.02. The number of hydroxylamine groups is 1. The summed E-state index contributed by atoms with van der Waals surface area (Å²) in [6.07, 6.45) is 1.30. The number of anilines is 2. The number of hydrogen-bond acceptors (Lipinski definition) is 5. The van der Waals surface area contributed by atoms with E-state index in [0.717, 1.165) is 12.0 Å². The van der Waals surface area contributed by atoms with E-state index in [4.69, 9.17) is 9.94 Å². The molecule has 0 saturated heterocycles. The van der Waals surface area contributed by atoms with Crippen molar-refractivity contribution in [2.75, 3.05) is 18.5 Å². The number of rotatable bonds is 6. The zero-order chi connectivity index (χ0) is 21.6. The van der Waals surface area contributed by atoms with Crippen LogP contribution < -0.4 is 16.4 Å². The third-order valence-electron chi connectivity index (χ3n) is 4.57. The summed E-state index contributed by atoms with van der Waals surface area (Å²) in [6, 6.07) is 4.69. The van der Waals surface area contributed by atoms with Crippen molar-refractivity contribution >= 4 is 17.3 Å². The first-order valence-electron chi connectivity index (χ1n) is 9.76. The monoisotopic (exact) mass is 405 g/mol. The van der Waals surface area contributed by atoms with E-state index in [0.29, 0.717) is 24.2 Å². The zero-order valence-corrected chi connectivity index (χ0v) is 17.3. The molecule has 1 aliphatic heterocycles. The number of aromatic nitrogens is 1. The van der Waals surface area contributed by atoms with Gasteiger partial charge in [0.15, 0.2) is 0 Å². The highest BCUT2D eigenvalue weighted by atomic mass is 19.1. The number of nitrogens with zero attached hydrogens (tertiary/aromatic N) is 1. The Hall–Kier alpha value is -2.71. The number of fused-ring (bicyclic) bond motifs is 1. The van der Waals surface area contributed by atoms with E-state index >= 15 is 0 Å². The van der Waals surface area contributed by atoms with E-state index in [2.05, 4.69) is 10.8 Å². The van der Waals surface area contributed by atoms with Gasteiger partial charge in [0.1, 0.15) is 5.82 Å². The van der Waals surface area contributed by atoms with Crippen molar-refractivity contribution in [1.29, 1.82) is 0 Å². The van der Waals surface area contributed by atoms with Crippen LogP contribution in [-0.2, 0) is 17.8 Å². The molecule has 1 aromatic carbocycles. The van der Waals surface area contributed by atoms with Crippen LogP contribution in [0.5, 0.6) is 0 Å². The van der Waals surface area contributed by atoms with E-state index in [1.54, 1.807) is 30.5 Å². The minimum absolute atomic E-state index is 0.0605. The van der Waals surface area contributed by atoms with Gasteiger partial charge in [-0.2, -0.15) is 0 Å². The van der Waals surface area contributed by atoms with Gasteiger partial charge in [0.25, 0.3) is 11.5 Å². The second-order valence-corrected chi connectivity index (χ2v) is 6.49. The van der Waals surface area contributed by atoms with Crippen LogP contribution in [0.4, 0.5) is 15.8 Å². The lowest BCUT2D eigenvalue weighted by molar-refractivity contribution is 0.0168. The number of aryl methyl sites for hydroxylation is 1. The number of benzene rings is 1. The van der Waals surface area contributed by atoms with Crippen LogP contribution in [0.25, 0.3) is 0 Å². The molecule has 0 aliphatic carbocycles. The van der Waals surface area contributed by atoms with Gasteiger partial charge in [-0.25, -0.2) is 9.87 Å². The molecule has 3 N–H and O–H groups in total. The Bertz CT molecular complexity index is 940. The van der Waals surface area contributed by atoms with Crippen LogP contribution in [0, 0.1) is 19.7 Å². The fourth-order valence-electron chi connectivity index (χ4n) is 3.27. The first kappa shape index (κ1) is 22.6. The molecule has 3 rings (SSSR count). The Morgan fingerprint density at radius 3 is 2.69 bits per heavy atom. The molecule has 7 nitrogen and oxygen atoms in total. The molecular formula is C21H28FN3O4. The molecule has 8 heteroatoms. The van der Waals surface area contributed by atoms with Crippen molar-refractivity contribution in [3.8, 4) is 0 Å². The minimum Gasteiger partial charge on any atom is -0.394 e. The van der Waals surface area contributed by atoms with Gasteiger partial charge in [-0.3, -0.25) is 14.4 Å². The molecule has 0 unspecified atom stereocenters. The molecule has 158 valence electrons. The molecule has 1 aliphatic rings. The number of amides is 1. The molecule has 0 radical (unpaired) electrons. The molecule has 0 saturated carbocycles. The lowest BCUT2D eigenvalue weighted by atomic mass is 10.0. The van der Waals surface area contributed by atoms with Gasteiger partial charge in [0.2, 0.25) is 0 Å². The van der Waals surface area contributed by atoms with Crippen molar-refractivity contribution in [3.63, 3.8) is 0 Å². The lowest BCUT2D eigenvalue weighted by Crippen LogP contribution is -2.32. The molecule has 0 bridgehead atoms. The van der Waals surface area contributed by atoms with E-state index in [1.165, 1.54) is 6.07 Å². The van der Waals surface area contributed by atoms with Crippen LogP contribution in [-0.4, -0.2) is 28.8 Å². The van der Waals surface area contributed by atoms with E-state index in [9.17, 15) is 14.0 Å². The summed E-state index contributed by atoms with van der Waals surface area (Å²) < 4.78 is 15.9. The number of carbonyl (C=O) groups excluding carboxylic acids is 1. The highest BCUT2D eigenvalue weighted by molar-refractivity contribution is 6.01. The smallest absolute Gasteiger partial charge is 0.278 e. The fourth-order valence-corrected chi connectivity index (χ4v) is 3.27. The number of pyridine rings is 1. The van der Waals surface area contributed by atoms with Crippen LogP contribution in [0.2, 0.25) is 0 Å². The molecule has 2 heterocycles. The largest absolute Gasteiger partial charge is 0.394 e. The Kier molecular flexibility index (Phi) is 7.92. The topological polar surface area (TPSA) is 92.6 Å². The molecule has 1 amide bonds. The third kappa shape index (κ3) is 4.83. The van der Waals surface area contributed by atoms with Gasteiger partial charge in [-0.15, -0.1) is 0 Å². The number of hydrogen-bond donors (Lipinski definition) is 3. The Morgan fingerprint density at radius 1 is 1.31 bits per heavy atom. The fraction of sp³-hybridized carbons (Fsp3) is 0.429. The maximum atomic E-state index is 14.3. The van der Waals surface area contributed by atoms with Crippen LogP contribution >= 0.6 is 0 Å². The van der Waals surface area contributed by atoms with Crippen molar-refractivity contribution in [3.05, 3.63) is 56.8 Å². The first-order chi connectivity index (χ1) is 13.9. The zero-order valence-electron chi connectivity index (χ0n) is 17.3. The second-order valence-electron chi connectivity index (χ2n) is 6.49. The number of carbonyl (C=O) groups is 1. The first-order valence-corrected chi connectivity index (χ1v) is 9.76. The minimum atomic E-state index is -0.549. The van der Waals surface area contributed by atoms with Crippen molar-refractivity contribution < 1.29 is 19.1 Å². The highest BCUT2D eigenvalue weighted by Gasteiger charge is 2.27. The summed E-state index contributed by atoms with van der Waals surface area (Å²) in [6.45, 7) is 7.61. The Labute approximate surface area is 169 Å². The number of aliphatic hydroxyl groups is 1.